The Bertz CT molecular complexity index is 567. The first-order valence-corrected chi connectivity index (χ1v) is 6.98. The molecule has 0 heterocycles. The smallest absolute Gasteiger partial charge is 0.412 e. The van der Waals surface area contributed by atoms with Crippen molar-refractivity contribution in [2.24, 2.45) is 0 Å². The highest BCUT2D eigenvalue weighted by atomic mass is 16.6. The van der Waals surface area contributed by atoms with Gasteiger partial charge in [0.25, 0.3) is 0 Å². The van der Waals surface area contributed by atoms with Gasteiger partial charge < -0.3 is 14.2 Å². The minimum atomic E-state index is -0.825. The zero-order valence-corrected chi connectivity index (χ0v) is 13.0. The highest BCUT2D eigenvalue weighted by molar-refractivity contribution is 5.92. The Morgan fingerprint density at radius 3 is 2.43 bits per heavy atom. The van der Waals surface area contributed by atoms with E-state index in [0.29, 0.717) is 0 Å². The number of hydrogen-bond acceptors (Lipinski definition) is 6. The van der Waals surface area contributed by atoms with Crippen LogP contribution in [0.15, 0.2) is 42.1 Å². The van der Waals surface area contributed by atoms with Gasteiger partial charge in [0.15, 0.2) is 0 Å². The van der Waals surface area contributed by atoms with E-state index >= 15 is 0 Å². The molecule has 0 atom stereocenters. The van der Waals surface area contributed by atoms with E-state index in [4.69, 9.17) is 9.47 Å². The van der Waals surface area contributed by atoms with Gasteiger partial charge in [0.05, 0.1) is 20.1 Å². The Kier molecular flexibility index (Phi) is 7.91. The summed E-state index contributed by atoms with van der Waals surface area (Å²) in [7, 11) is 1.16. The van der Waals surface area contributed by atoms with Gasteiger partial charge in [0, 0.05) is 0 Å². The van der Waals surface area contributed by atoms with Gasteiger partial charge in [-0.2, -0.15) is 0 Å². The number of esters is 2. The first kappa shape index (κ1) is 18.2. The first-order chi connectivity index (χ1) is 11.1. The molecule has 0 aromatic heterocycles. The lowest BCUT2D eigenvalue weighted by Gasteiger charge is -2.09. The van der Waals surface area contributed by atoms with Crippen molar-refractivity contribution >= 4 is 18.0 Å². The second kappa shape index (κ2) is 9.99. The monoisotopic (exact) mass is 321 g/mol. The van der Waals surface area contributed by atoms with E-state index < -0.39 is 18.0 Å². The largest absolute Gasteiger partial charge is 0.466 e. The SMILES string of the molecule is CCOC(=O)C/C=C(/NC(=O)OCc1ccccc1)C(=O)OC. The molecular weight excluding hydrogens is 302 g/mol. The lowest BCUT2D eigenvalue weighted by molar-refractivity contribution is -0.142. The van der Waals surface area contributed by atoms with Crippen molar-refractivity contribution in [3.8, 4) is 0 Å². The van der Waals surface area contributed by atoms with Crippen LogP contribution < -0.4 is 5.32 Å². The molecule has 1 amide bonds. The molecule has 124 valence electrons. The van der Waals surface area contributed by atoms with E-state index in [0.717, 1.165) is 12.7 Å². The van der Waals surface area contributed by atoms with Crippen molar-refractivity contribution < 1.29 is 28.6 Å². The quantitative estimate of drug-likeness (QED) is 0.469. The highest BCUT2D eigenvalue weighted by Gasteiger charge is 2.15. The van der Waals surface area contributed by atoms with Crippen LogP contribution in [0.4, 0.5) is 4.79 Å². The van der Waals surface area contributed by atoms with Crippen LogP contribution in [0, 0.1) is 0 Å². The van der Waals surface area contributed by atoms with Crippen molar-refractivity contribution in [2.75, 3.05) is 13.7 Å². The fourth-order valence-electron chi connectivity index (χ4n) is 1.57. The second-order valence-corrected chi connectivity index (χ2v) is 4.31. The van der Waals surface area contributed by atoms with Crippen molar-refractivity contribution in [3.63, 3.8) is 0 Å². The average Bonchev–Trinajstić information content (AvgIpc) is 2.57. The zero-order chi connectivity index (χ0) is 17.1. The van der Waals surface area contributed by atoms with Gasteiger partial charge in [-0.25, -0.2) is 9.59 Å². The molecule has 0 aliphatic carbocycles. The van der Waals surface area contributed by atoms with Gasteiger partial charge in [-0.05, 0) is 18.6 Å². The minimum Gasteiger partial charge on any atom is -0.466 e. The Labute approximate surface area is 134 Å². The van der Waals surface area contributed by atoms with Gasteiger partial charge in [-0.15, -0.1) is 0 Å². The highest BCUT2D eigenvalue weighted by Crippen LogP contribution is 2.03. The third-order valence-corrected chi connectivity index (χ3v) is 2.63. The van der Waals surface area contributed by atoms with E-state index in [1.807, 2.05) is 18.2 Å². The van der Waals surface area contributed by atoms with E-state index in [1.54, 1.807) is 19.1 Å². The zero-order valence-electron chi connectivity index (χ0n) is 13.0. The van der Waals surface area contributed by atoms with Crippen LogP contribution in [0.1, 0.15) is 18.9 Å². The van der Waals surface area contributed by atoms with Crippen LogP contribution in [0.5, 0.6) is 0 Å². The predicted molar refractivity (Wildman–Crippen MR) is 81.1 cm³/mol. The summed E-state index contributed by atoms with van der Waals surface area (Å²) in [5.74, 6) is -1.31. The molecule has 0 unspecified atom stereocenters. The Morgan fingerprint density at radius 2 is 1.83 bits per heavy atom. The molecule has 0 saturated heterocycles. The van der Waals surface area contributed by atoms with E-state index in [1.165, 1.54) is 6.08 Å². The van der Waals surface area contributed by atoms with Crippen LogP contribution in [-0.4, -0.2) is 31.7 Å². The number of benzene rings is 1. The lowest BCUT2D eigenvalue weighted by atomic mass is 10.2. The molecule has 7 heteroatoms. The average molecular weight is 321 g/mol. The second-order valence-electron chi connectivity index (χ2n) is 4.31. The molecule has 0 spiro atoms. The van der Waals surface area contributed by atoms with Gasteiger partial charge in [0.2, 0.25) is 0 Å². The molecule has 23 heavy (non-hydrogen) atoms. The normalized spacial score (nSPS) is 10.6. The Balaban J connectivity index is 2.58. The number of hydrogen-bond donors (Lipinski definition) is 1. The third kappa shape index (κ3) is 7.12. The first-order valence-electron chi connectivity index (χ1n) is 6.98. The van der Waals surface area contributed by atoms with Crippen LogP contribution in [0.3, 0.4) is 0 Å². The summed E-state index contributed by atoms with van der Waals surface area (Å²) in [6.45, 7) is 1.95. The number of methoxy groups -OCH3 is 1. The predicted octanol–water partition coefficient (Wildman–Crippen LogP) is 1.92. The van der Waals surface area contributed by atoms with Gasteiger partial charge in [-0.1, -0.05) is 30.3 Å². The van der Waals surface area contributed by atoms with Gasteiger partial charge in [0.1, 0.15) is 12.3 Å². The third-order valence-electron chi connectivity index (χ3n) is 2.63. The summed E-state index contributed by atoms with van der Waals surface area (Å²) in [5.41, 5.74) is 0.622. The van der Waals surface area contributed by atoms with Gasteiger partial charge >= 0.3 is 18.0 Å². The summed E-state index contributed by atoms with van der Waals surface area (Å²) in [6.07, 6.45) is 0.222. The van der Waals surface area contributed by atoms with Crippen LogP contribution >= 0.6 is 0 Å². The standard InChI is InChI=1S/C16H19NO6/c1-3-22-14(18)10-9-13(15(19)21-2)17-16(20)23-11-12-7-5-4-6-8-12/h4-9H,3,10-11H2,1-2H3,(H,17,20)/b13-9+. The molecule has 0 aliphatic rings. The number of alkyl carbamates (subject to hydrolysis) is 1. The summed E-state index contributed by atoms with van der Waals surface area (Å²) in [5, 5.41) is 2.25. The van der Waals surface area contributed by atoms with Crippen LogP contribution in [0.25, 0.3) is 0 Å². The molecule has 0 fully saturated rings. The number of amides is 1. The van der Waals surface area contributed by atoms with E-state index in [-0.39, 0.29) is 25.3 Å². The molecule has 7 nitrogen and oxygen atoms in total. The number of rotatable bonds is 7. The topological polar surface area (TPSA) is 90.9 Å². The van der Waals surface area contributed by atoms with Crippen molar-refractivity contribution in [1.29, 1.82) is 0 Å². The molecule has 0 saturated carbocycles. The molecule has 1 aromatic rings. The Morgan fingerprint density at radius 1 is 1.13 bits per heavy atom. The number of nitrogens with one attached hydrogen (secondary N) is 1. The molecule has 1 N–H and O–H groups in total. The summed E-state index contributed by atoms with van der Waals surface area (Å²) < 4.78 is 14.3. The molecule has 1 aromatic carbocycles. The molecule has 0 bridgehead atoms. The molecule has 0 aliphatic heterocycles. The summed E-state index contributed by atoms with van der Waals surface area (Å²) in [4.78, 5) is 34.6. The molecular formula is C16H19NO6. The molecule has 1 rings (SSSR count). The van der Waals surface area contributed by atoms with E-state index in [2.05, 4.69) is 10.1 Å². The van der Waals surface area contributed by atoms with Gasteiger partial charge in [-0.3, -0.25) is 10.1 Å². The van der Waals surface area contributed by atoms with Crippen molar-refractivity contribution in [2.45, 2.75) is 20.0 Å². The van der Waals surface area contributed by atoms with E-state index in [9.17, 15) is 14.4 Å². The minimum absolute atomic E-state index is 0.0546. The fourth-order valence-corrected chi connectivity index (χ4v) is 1.57. The summed E-state index contributed by atoms with van der Waals surface area (Å²) >= 11 is 0. The summed E-state index contributed by atoms with van der Waals surface area (Å²) in [6, 6.07) is 9.07. The maximum absolute atomic E-state index is 11.7. The maximum atomic E-state index is 11.7. The van der Waals surface area contributed by atoms with Crippen molar-refractivity contribution in [1.82, 2.24) is 5.32 Å². The number of carbonyl (C=O) groups excluding carboxylic acids is 3. The lowest BCUT2D eigenvalue weighted by Crippen LogP contribution is -2.29. The van der Waals surface area contributed by atoms with Crippen LogP contribution in [0.2, 0.25) is 0 Å². The Hall–Kier alpha value is -2.83. The number of ether oxygens (including phenoxy) is 3. The fraction of sp³-hybridized carbons (Fsp3) is 0.312. The maximum Gasteiger partial charge on any atom is 0.412 e. The van der Waals surface area contributed by atoms with Crippen LogP contribution in [-0.2, 0) is 30.4 Å². The molecule has 0 radical (unpaired) electrons. The van der Waals surface area contributed by atoms with Crippen molar-refractivity contribution in [3.05, 3.63) is 47.7 Å². The number of carbonyl (C=O) groups is 3.